The van der Waals surface area contributed by atoms with Crippen molar-refractivity contribution >= 4 is 27.8 Å². The Kier molecular flexibility index (Phi) is 6.10. The van der Waals surface area contributed by atoms with Crippen LogP contribution in [0.25, 0.3) is 0 Å². The summed E-state index contributed by atoms with van der Waals surface area (Å²) >= 11 is 3.35. The Morgan fingerprint density at radius 3 is 2.62 bits per heavy atom. The van der Waals surface area contributed by atoms with E-state index in [0.29, 0.717) is 5.56 Å². The molecule has 6 heteroatoms. The van der Waals surface area contributed by atoms with Crippen LogP contribution in [-0.2, 0) is 9.53 Å². The van der Waals surface area contributed by atoms with Crippen LogP contribution < -0.4 is 5.32 Å². The zero-order chi connectivity index (χ0) is 17.5. The minimum atomic E-state index is -0.640. The third-order valence-electron chi connectivity index (χ3n) is 3.31. The summed E-state index contributed by atoms with van der Waals surface area (Å²) < 4.78 is 5.93. The monoisotopic (exact) mass is 386 g/mol. The molecule has 1 N–H and O–H groups in total. The molecule has 0 saturated heterocycles. The van der Waals surface area contributed by atoms with E-state index in [2.05, 4.69) is 21.2 Å². The zero-order valence-electron chi connectivity index (χ0n) is 13.0. The molecule has 0 aliphatic rings. The van der Waals surface area contributed by atoms with Gasteiger partial charge in [0.15, 0.2) is 6.61 Å². The Balaban J connectivity index is 1.87. The van der Waals surface area contributed by atoms with Crippen molar-refractivity contribution in [2.24, 2.45) is 0 Å². The predicted octanol–water partition coefficient (Wildman–Crippen LogP) is 3.35. The topological polar surface area (TPSA) is 79.2 Å². The van der Waals surface area contributed by atoms with E-state index in [-0.39, 0.29) is 18.2 Å². The summed E-state index contributed by atoms with van der Waals surface area (Å²) in [6, 6.07) is 15.4. The van der Waals surface area contributed by atoms with Crippen molar-refractivity contribution < 1.29 is 14.3 Å². The van der Waals surface area contributed by atoms with Gasteiger partial charge in [0.1, 0.15) is 0 Å². The highest BCUT2D eigenvalue weighted by molar-refractivity contribution is 9.10. The first-order chi connectivity index (χ1) is 11.5. The van der Waals surface area contributed by atoms with Crippen LogP contribution in [0.2, 0.25) is 0 Å². The molecule has 5 nitrogen and oxygen atoms in total. The van der Waals surface area contributed by atoms with Crippen LogP contribution in [0.4, 0.5) is 0 Å². The molecule has 0 aromatic heterocycles. The summed E-state index contributed by atoms with van der Waals surface area (Å²) in [6.07, 6.45) is 0. The number of carbonyl (C=O) groups is 2. The molecule has 0 heterocycles. The summed E-state index contributed by atoms with van der Waals surface area (Å²) in [7, 11) is 0. The summed E-state index contributed by atoms with van der Waals surface area (Å²) in [5.41, 5.74) is 1.54. The zero-order valence-corrected chi connectivity index (χ0v) is 14.5. The van der Waals surface area contributed by atoms with Crippen LogP contribution in [0.1, 0.15) is 34.5 Å². The van der Waals surface area contributed by atoms with Gasteiger partial charge in [-0.3, -0.25) is 4.79 Å². The molecule has 122 valence electrons. The molecule has 1 amide bonds. The van der Waals surface area contributed by atoms with Crippen molar-refractivity contribution in [1.82, 2.24) is 5.32 Å². The van der Waals surface area contributed by atoms with Gasteiger partial charge >= 0.3 is 5.97 Å². The van der Waals surface area contributed by atoms with E-state index < -0.39 is 11.9 Å². The van der Waals surface area contributed by atoms with Crippen LogP contribution in [0.15, 0.2) is 53.0 Å². The van der Waals surface area contributed by atoms with Crippen molar-refractivity contribution in [3.63, 3.8) is 0 Å². The number of nitrogens with zero attached hydrogens (tertiary/aromatic N) is 1. The van der Waals surface area contributed by atoms with E-state index >= 15 is 0 Å². The minimum Gasteiger partial charge on any atom is -0.452 e. The average molecular weight is 387 g/mol. The van der Waals surface area contributed by atoms with Gasteiger partial charge in [-0.1, -0.05) is 34.1 Å². The lowest BCUT2D eigenvalue weighted by atomic mass is 10.1. The molecule has 2 aromatic rings. The fraction of sp³-hybridized carbons (Fsp3) is 0.167. The molecule has 0 bridgehead atoms. The molecule has 0 fully saturated rings. The molecule has 1 atom stereocenters. The Morgan fingerprint density at radius 1 is 1.25 bits per heavy atom. The SMILES string of the molecule is CC(NC(=O)COC(=O)c1cccc(C#N)c1)c1ccc(Br)cc1. The fourth-order valence-electron chi connectivity index (χ4n) is 2.05. The third-order valence-corrected chi connectivity index (χ3v) is 3.84. The number of hydrogen-bond acceptors (Lipinski definition) is 4. The molecule has 24 heavy (non-hydrogen) atoms. The van der Waals surface area contributed by atoms with Crippen molar-refractivity contribution in [2.45, 2.75) is 13.0 Å². The number of nitriles is 1. The largest absolute Gasteiger partial charge is 0.452 e. The average Bonchev–Trinajstić information content (AvgIpc) is 2.60. The molecule has 0 aliphatic carbocycles. The molecule has 2 aromatic carbocycles. The van der Waals surface area contributed by atoms with Crippen molar-refractivity contribution in [3.05, 3.63) is 69.7 Å². The molecule has 2 rings (SSSR count). The van der Waals surface area contributed by atoms with E-state index in [4.69, 9.17) is 10.00 Å². The van der Waals surface area contributed by atoms with Crippen LogP contribution >= 0.6 is 15.9 Å². The summed E-state index contributed by atoms with van der Waals surface area (Å²) in [6.45, 7) is 1.47. The van der Waals surface area contributed by atoms with Crippen molar-refractivity contribution in [1.29, 1.82) is 5.26 Å². The Bertz CT molecular complexity index is 782. The third kappa shape index (κ3) is 4.93. The molecular weight excluding hydrogens is 372 g/mol. The number of benzene rings is 2. The molecule has 0 spiro atoms. The van der Waals surface area contributed by atoms with Gasteiger partial charge in [0, 0.05) is 4.47 Å². The van der Waals surface area contributed by atoms with Gasteiger partial charge in [-0.25, -0.2) is 4.79 Å². The number of ether oxygens (including phenoxy) is 1. The van der Waals surface area contributed by atoms with Crippen LogP contribution in [0.3, 0.4) is 0 Å². The van der Waals surface area contributed by atoms with Gasteiger partial charge < -0.3 is 10.1 Å². The molecule has 0 saturated carbocycles. The smallest absolute Gasteiger partial charge is 0.338 e. The maximum absolute atomic E-state index is 11.9. The molecule has 1 unspecified atom stereocenters. The van der Waals surface area contributed by atoms with Crippen molar-refractivity contribution in [2.75, 3.05) is 6.61 Å². The Labute approximate surface area is 148 Å². The second-order valence-electron chi connectivity index (χ2n) is 5.11. The highest BCUT2D eigenvalue weighted by atomic mass is 79.9. The summed E-state index contributed by atoms with van der Waals surface area (Å²) in [4.78, 5) is 23.8. The molecular formula is C18H15BrN2O3. The Hall–Kier alpha value is -2.65. The normalized spacial score (nSPS) is 11.2. The van der Waals surface area contributed by atoms with Gasteiger partial charge in [-0.2, -0.15) is 5.26 Å². The number of halogens is 1. The van der Waals surface area contributed by atoms with Crippen molar-refractivity contribution in [3.8, 4) is 6.07 Å². The van der Waals surface area contributed by atoms with Gasteiger partial charge in [0.25, 0.3) is 5.91 Å². The van der Waals surface area contributed by atoms with Crippen LogP contribution in [0.5, 0.6) is 0 Å². The van der Waals surface area contributed by atoms with E-state index in [1.54, 1.807) is 12.1 Å². The lowest BCUT2D eigenvalue weighted by molar-refractivity contribution is -0.124. The maximum Gasteiger partial charge on any atom is 0.338 e. The second kappa shape index (κ2) is 8.27. The predicted molar refractivity (Wildman–Crippen MR) is 92.1 cm³/mol. The molecule has 0 radical (unpaired) electrons. The highest BCUT2D eigenvalue weighted by Gasteiger charge is 2.13. The van der Waals surface area contributed by atoms with Crippen LogP contribution in [0, 0.1) is 11.3 Å². The summed E-state index contributed by atoms with van der Waals surface area (Å²) in [5.74, 6) is -1.03. The quantitative estimate of drug-likeness (QED) is 0.798. The van der Waals surface area contributed by atoms with E-state index in [0.717, 1.165) is 10.0 Å². The first-order valence-corrected chi connectivity index (χ1v) is 8.01. The molecule has 0 aliphatic heterocycles. The van der Waals surface area contributed by atoms with E-state index in [1.165, 1.54) is 12.1 Å². The highest BCUT2D eigenvalue weighted by Crippen LogP contribution is 2.16. The lowest BCUT2D eigenvalue weighted by Gasteiger charge is -2.14. The number of rotatable bonds is 5. The van der Waals surface area contributed by atoms with Gasteiger partial charge in [0.2, 0.25) is 0 Å². The summed E-state index contributed by atoms with van der Waals surface area (Å²) in [5, 5.41) is 11.6. The van der Waals surface area contributed by atoms with E-state index in [9.17, 15) is 9.59 Å². The number of esters is 1. The first kappa shape index (κ1) is 17.7. The minimum absolute atomic E-state index is 0.203. The first-order valence-electron chi connectivity index (χ1n) is 7.21. The Morgan fingerprint density at radius 2 is 1.96 bits per heavy atom. The fourth-order valence-corrected chi connectivity index (χ4v) is 2.31. The van der Waals surface area contributed by atoms with Gasteiger partial charge in [0.05, 0.1) is 23.2 Å². The second-order valence-corrected chi connectivity index (χ2v) is 6.03. The number of hydrogen-bond donors (Lipinski definition) is 1. The maximum atomic E-state index is 11.9. The number of nitrogens with one attached hydrogen (secondary N) is 1. The lowest BCUT2D eigenvalue weighted by Crippen LogP contribution is -2.31. The van der Waals surface area contributed by atoms with Crippen LogP contribution in [-0.4, -0.2) is 18.5 Å². The van der Waals surface area contributed by atoms with E-state index in [1.807, 2.05) is 37.3 Å². The standard InChI is InChI=1S/C18H15BrN2O3/c1-12(14-5-7-16(19)8-6-14)21-17(22)11-24-18(23)15-4-2-3-13(9-15)10-20/h2-9,12H,11H2,1H3,(H,21,22). The number of amides is 1. The van der Waals surface area contributed by atoms with Gasteiger partial charge in [-0.05, 0) is 42.8 Å². The number of carbonyl (C=O) groups excluding carboxylic acids is 2. The van der Waals surface area contributed by atoms with Gasteiger partial charge in [-0.15, -0.1) is 0 Å².